The fourth-order valence-corrected chi connectivity index (χ4v) is 2.48. The molecule has 2 rings (SSSR count). The van der Waals surface area contributed by atoms with Gasteiger partial charge >= 0.3 is 0 Å². The maximum absolute atomic E-state index is 4.39. The lowest BCUT2D eigenvalue weighted by Crippen LogP contribution is -2.19. The molecule has 2 aromatic rings. The molecule has 106 valence electrons. The molecule has 0 bridgehead atoms. The van der Waals surface area contributed by atoms with Crippen molar-refractivity contribution in [2.75, 3.05) is 7.05 Å². The standard InChI is InChI=1S/C18H24N2/c1-13-16(7-6-12-20-13)17(19-5)14-8-10-15(11-9-14)18(2,3)4/h6-12,17,19H,1-5H3. The third-order valence-electron chi connectivity index (χ3n) is 3.76. The zero-order valence-corrected chi connectivity index (χ0v) is 13.1. The molecule has 2 heteroatoms. The summed E-state index contributed by atoms with van der Waals surface area (Å²) in [7, 11) is 1.99. The molecule has 1 atom stereocenters. The molecular formula is C18H24N2. The van der Waals surface area contributed by atoms with Gasteiger partial charge in [0.25, 0.3) is 0 Å². The van der Waals surface area contributed by atoms with E-state index in [0.717, 1.165) is 5.69 Å². The molecule has 0 radical (unpaired) electrons. The van der Waals surface area contributed by atoms with E-state index in [4.69, 9.17) is 0 Å². The largest absolute Gasteiger partial charge is 0.309 e. The van der Waals surface area contributed by atoms with Crippen molar-refractivity contribution >= 4 is 0 Å². The summed E-state index contributed by atoms with van der Waals surface area (Å²) >= 11 is 0. The summed E-state index contributed by atoms with van der Waals surface area (Å²) in [6, 6.07) is 13.2. The van der Waals surface area contributed by atoms with Gasteiger partial charge in [-0.05, 0) is 42.1 Å². The van der Waals surface area contributed by atoms with E-state index in [1.165, 1.54) is 16.7 Å². The molecule has 0 spiro atoms. The van der Waals surface area contributed by atoms with Crippen LogP contribution in [-0.2, 0) is 5.41 Å². The molecule has 20 heavy (non-hydrogen) atoms. The molecule has 0 saturated heterocycles. The third-order valence-corrected chi connectivity index (χ3v) is 3.76. The number of nitrogens with zero attached hydrogens (tertiary/aromatic N) is 1. The van der Waals surface area contributed by atoms with Crippen molar-refractivity contribution in [1.29, 1.82) is 0 Å². The van der Waals surface area contributed by atoms with Crippen LogP contribution in [0, 0.1) is 6.92 Å². The van der Waals surface area contributed by atoms with Gasteiger partial charge in [-0.2, -0.15) is 0 Å². The molecular weight excluding hydrogens is 244 g/mol. The van der Waals surface area contributed by atoms with E-state index in [1.54, 1.807) is 0 Å². The topological polar surface area (TPSA) is 24.9 Å². The van der Waals surface area contributed by atoms with Gasteiger partial charge in [0.2, 0.25) is 0 Å². The van der Waals surface area contributed by atoms with Gasteiger partial charge < -0.3 is 5.32 Å². The average molecular weight is 268 g/mol. The van der Waals surface area contributed by atoms with Crippen LogP contribution in [0.4, 0.5) is 0 Å². The second kappa shape index (κ2) is 5.76. The molecule has 0 aliphatic heterocycles. The van der Waals surface area contributed by atoms with Gasteiger partial charge in [0.1, 0.15) is 0 Å². The molecule has 0 saturated carbocycles. The van der Waals surface area contributed by atoms with Crippen LogP contribution in [0.1, 0.15) is 49.2 Å². The van der Waals surface area contributed by atoms with Crippen molar-refractivity contribution in [2.24, 2.45) is 0 Å². The molecule has 1 aromatic heterocycles. The van der Waals surface area contributed by atoms with Crippen LogP contribution in [0.25, 0.3) is 0 Å². The van der Waals surface area contributed by atoms with Gasteiger partial charge in [0, 0.05) is 11.9 Å². The van der Waals surface area contributed by atoms with E-state index in [0.29, 0.717) is 0 Å². The van der Waals surface area contributed by atoms with Crippen molar-refractivity contribution in [1.82, 2.24) is 10.3 Å². The maximum atomic E-state index is 4.39. The number of hydrogen-bond donors (Lipinski definition) is 1. The van der Waals surface area contributed by atoms with E-state index in [1.807, 2.05) is 19.3 Å². The third kappa shape index (κ3) is 3.07. The van der Waals surface area contributed by atoms with Gasteiger partial charge in [0.05, 0.1) is 6.04 Å². The van der Waals surface area contributed by atoms with Crippen molar-refractivity contribution < 1.29 is 0 Å². The van der Waals surface area contributed by atoms with Crippen LogP contribution >= 0.6 is 0 Å². The highest BCUT2D eigenvalue weighted by Gasteiger charge is 2.17. The predicted octanol–water partition coefficient (Wildman–Crippen LogP) is 4.00. The number of aryl methyl sites for hydroxylation is 1. The molecule has 1 unspecified atom stereocenters. The van der Waals surface area contributed by atoms with E-state index >= 15 is 0 Å². The Morgan fingerprint density at radius 3 is 2.20 bits per heavy atom. The fraction of sp³-hybridized carbons (Fsp3) is 0.389. The first-order chi connectivity index (χ1) is 9.43. The zero-order valence-electron chi connectivity index (χ0n) is 13.1. The lowest BCUT2D eigenvalue weighted by molar-refractivity contribution is 0.589. The monoisotopic (exact) mass is 268 g/mol. The number of benzene rings is 1. The van der Waals surface area contributed by atoms with Crippen LogP contribution in [0.2, 0.25) is 0 Å². The number of rotatable bonds is 3. The maximum Gasteiger partial charge on any atom is 0.0592 e. The highest BCUT2D eigenvalue weighted by molar-refractivity contribution is 5.36. The highest BCUT2D eigenvalue weighted by atomic mass is 14.9. The Labute approximate surface area is 122 Å². The van der Waals surface area contributed by atoms with Gasteiger partial charge in [-0.3, -0.25) is 4.98 Å². The predicted molar refractivity (Wildman–Crippen MR) is 85.0 cm³/mol. The van der Waals surface area contributed by atoms with Crippen LogP contribution in [-0.4, -0.2) is 12.0 Å². The molecule has 2 nitrogen and oxygen atoms in total. The van der Waals surface area contributed by atoms with Crippen LogP contribution in [0.15, 0.2) is 42.6 Å². The van der Waals surface area contributed by atoms with Gasteiger partial charge in [0.15, 0.2) is 0 Å². The molecule has 0 fully saturated rings. The summed E-state index contributed by atoms with van der Waals surface area (Å²) in [6.45, 7) is 8.78. The Balaban J connectivity index is 2.36. The SMILES string of the molecule is CNC(c1ccc(C(C)(C)C)cc1)c1cccnc1C. The van der Waals surface area contributed by atoms with Crippen LogP contribution < -0.4 is 5.32 Å². The molecule has 0 aliphatic carbocycles. The summed E-state index contributed by atoms with van der Waals surface area (Å²) in [5.74, 6) is 0. The molecule has 0 aliphatic rings. The Morgan fingerprint density at radius 2 is 1.70 bits per heavy atom. The highest BCUT2D eigenvalue weighted by Crippen LogP contribution is 2.27. The minimum atomic E-state index is 0.192. The molecule has 1 aromatic carbocycles. The van der Waals surface area contributed by atoms with Gasteiger partial charge in [-0.25, -0.2) is 0 Å². The Bertz CT molecular complexity index is 565. The Morgan fingerprint density at radius 1 is 1.05 bits per heavy atom. The summed E-state index contributed by atoms with van der Waals surface area (Å²) in [6.07, 6.45) is 1.84. The fourth-order valence-electron chi connectivity index (χ4n) is 2.48. The van der Waals surface area contributed by atoms with Crippen LogP contribution in [0.5, 0.6) is 0 Å². The Kier molecular flexibility index (Phi) is 4.24. The first-order valence-electron chi connectivity index (χ1n) is 7.12. The average Bonchev–Trinajstić information content (AvgIpc) is 2.41. The quantitative estimate of drug-likeness (QED) is 0.910. The molecule has 0 amide bonds. The smallest absolute Gasteiger partial charge is 0.0592 e. The summed E-state index contributed by atoms with van der Waals surface area (Å²) in [5.41, 5.74) is 5.14. The van der Waals surface area contributed by atoms with E-state index in [-0.39, 0.29) is 11.5 Å². The molecule has 1 N–H and O–H groups in total. The molecule has 1 heterocycles. The van der Waals surface area contributed by atoms with E-state index < -0.39 is 0 Å². The van der Waals surface area contributed by atoms with Gasteiger partial charge in [-0.15, -0.1) is 0 Å². The summed E-state index contributed by atoms with van der Waals surface area (Å²) < 4.78 is 0. The van der Waals surface area contributed by atoms with Crippen molar-refractivity contribution in [3.8, 4) is 0 Å². The van der Waals surface area contributed by atoms with E-state index in [2.05, 4.69) is 68.3 Å². The van der Waals surface area contributed by atoms with Crippen molar-refractivity contribution in [3.63, 3.8) is 0 Å². The first-order valence-corrected chi connectivity index (χ1v) is 7.12. The number of aromatic nitrogens is 1. The van der Waals surface area contributed by atoms with Crippen molar-refractivity contribution in [3.05, 3.63) is 65.0 Å². The Hall–Kier alpha value is -1.67. The lowest BCUT2D eigenvalue weighted by Gasteiger charge is -2.22. The second-order valence-corrected chi connectivity index (χ2v) is 6.27. The van der Waals surface area contributed by atoms with E-state index in [9.17, 15) is 0 Å². The van der Waals surface area contributed by atoms with Crippen LogP contribution in [0.3, 0.4) is 0 Å². The van der Waals surface area contributed by atoms with Crippen molar-refractivity contribution in [2.45, 2.75) is 39.2 Å². The number of pyridine rings is 1. The first kappa shape index (κ1) is 14.7. The normalized spacial score (nSPS) is 13.2. The van der Waals surface area contributed by atoms with Gasteiger partial charge in [-0.1, -0.05) is 51.1 Å². The zero-order chi connectivity index (χ0) is 14.8. The minimum Gasteiger partial charge on any atom is -0.309 e. The minimum absolute atomic E-state index is 0.192. The summed E-state index contributed by atoms with van der Waals surface area (Å²) in [5, 5.41) is 3.39. The summed E-state index contributed by atoms with van der Waals surface area (Å²) in [4.78, 5) is 4.39. The lowest BCUT2D eigenvalue weighted by atomic mass is 9.85. The number of hydrogen-bond acceptors (Lipinski definition) is 2. The second-order valence-electron chi connectivity index (χ2n) is 6.27. The number of nitrogens with one attached hydrogen (secondary N) is 1.